The first-order chi connectivity index (χ1) is 9.10. The molecule has 2 nitrogen and oxygen atoms in total. The molecule has 0 aliphatic heterocycles. The lowest BCUT2D eigenvalue weighted by Gasteiger charge is -2.09. The Morgan fingerprint density at radius 3 is 2.74 bits per heavy atom. The normalized spacial score (nSPS) is 23.4. The van der Waals surface area contributed by atoms with E-state index in [1.54, 1.807) is 11.3 Å². The van der Waals surface area contributed by atoms with Crippen LogP contribution in [0.4, 0.5) is 0 Å². The highest BCUT2D eigenvalue weighted by atomic mass is 35.5. The average Bonchev–Trinajstić information content (AvgIpc) is 2.95. The summed E-state index contributed by atoms with van der Waals surface area (Å²) < 4.78 is 0. The second kappa shape index (κ2) is 5.02. The summed E-state index contributed by atoms with van der Waals surface area (Å²) in [5.41, 5.74) is 1.23. The van der Waals surface area contributed by atoms with Crippen LogP contribution in [0.1, 0.15) is 54.8 Å². The molecule has 0 aromatic carbocycles. The fourth-order valence-electron chi connectivity index (χ4n) is 3.08. The van der Waals surface area contributed by atoms with E-state index in [-0.39, 0.29) is 0 Å². The molecule has 0 N–H and O–H groups in total. The van der Waals surface area contributed by atoms with Gasteiger partial charge in [0.15, 0.2) is 0 Å². The molecule has 4 heteroatoms. The maximum atomic E-state index is 6.39. The van der Waals surface area contributed by atoms with Crippen molar-refractivity contribution in [3.63, 3.8) is 0 Å². The SMILES string of the molecule is CCC1CCC(c2nc(Cl)c3c(C)c(C)sc3n2)C1. The zero-order chi connectivity index (χ0) is 13.6. The number of hydrogen-bond acceptors (Lipinski definition) is 3. The molecule has 19 heavy (non-hydrogen) atoms. The van der Waals surface area contributed by atoms with E-state index in [1.165, 1.54) is 36.1 Å². The first-order valence-corrected chi connectivity index (χ1v) is 8.22. The van der Waals surface area contributed by atoms with Crippen LogP contribution in [-0.2, 0) is 0 Å². The molecule has 0 spiro atoms. The molecule has 1 fully saturated rings. The molecule has 0 bridgehead atoms. The second-order valence-corrected chi connectivity index (χ2v) is 7.18. The highest BCUT2D eigenvalue weighted by Crippen LogP contribution is 2.40. The van der Waals surface area contributed by atoms with Crippen LogP contribution in [0, 0.1) is 19.8 Å². The predicted octanol–water partition coefficient (Wildman–Crippen LogP) is 5.26. The summed E-state index contributed by atoms with van der Waals surface area (Å²) in [6, 6.07) is 0. The van der Waals surface area contributed by atoms with Gasteiger partial charge in [-0.05, 0) is 44.6 Å². The third kappa shape index (κ3) is 2.27. The van der Waals surface area contributed by atoms with Gasteiger partial charge >= 0.3 is 0 Å². The third-order valence-electron chi connectivity index (χ3n) is 4.49. The molecule has 102 valence electrons. The van der Waals surface area contributed by atoms with Crippen LogP contribution in [0.3, 0.4) is 0 Å². The van der Waals surface area contributed by atoms with E-state index in [0.29, 0.717) is 11.1 Å². The van der Waals surface area contributed by atoms with E-state index in [2.05, 4.69) is 25.8 Å². The van der Waals surface area contributed by atoms with Gasteiger partial charge in [0, 0.05) is 10.8 Å². The molecule has 2 aromatic heterocycles. The number of thiophene rings is 1. The van der Waals surface area contributed by atoms with Gasteiger partial charge < -0.3 is 0 Å². The summed E-state index contributed by atoms with van der Waals surface area (Å²) in [5.74, 6) is 2.32. The van der Waals surface area contributed by atoms with Crippen LogP contribution in [0.5, 0.6) is 0 Å². The molecule has 2 atom stereocenters. The maximum Gasteiger partial charge on any atom is 0.141 e. The van der Waals surface area contributed by atoms with Crippen LogP contribution in [0.2, 0.25) is 5.15 Å². The van der Waals surface area contributed by atoms with Crippen LogP contribution in [0.15, 0.2) is 0 Å². The van der Waals surface area contributed by atoms with Gasteiger partial charge in [0.05, 0.1) is 5.39 Å². The Bertz CT molecular complexity index is 620. The first kappa shape index (κ1) is 13.3. The standard InChI is InChI=1S/C15H19ClN2S/c1-4-10-5-6-11(7-10)14-17-13(16)12-8(2)9(3)19-15(12)18-14/h10-11H,4-7H2,1-3H3. The number of rotatable bonds is 2. The summed E-state index contributed by atoms with van der Waals surface area (Å²) in [6.45, 7) is 6.50. The Labute approximate surface area is 123 Å². The molecule has 1 aliphatic rings. The van der Waals surface area contributed by atoms with Gasteiger partial charge in [0.2, 0.25) is 0 Å². The zero-order valence-electron chi connectivity index (χ0n) is 11.7. The molecular formula is C15H19ClN2S. The first-order valence-electron chi connectivity index (χ1n) is 7.03. The summed E-state index contributed by atoms with van der Waals surface area (Å²) in [7, 11) is 0. The zero-order valence-corrected chi connectivity index (χ0v) is 13.2. The fraction of sp³-hybridized carbons (Fsp3) is 0.600. The number of fused-ring (bicyclic) bond motifs is 1. The molecule has 0 amide bonds. The largest absolute Gasteiger partial charge is 0.222 e. The lowest BCUT2D eigenvalue weighted by molar-refractivity contribution is 0.517. The Kier molecular flexibility index (Phi) is 3.52. The van der Waals surface area contributed by atoms with E-state index < -0.39 is 0 Å². The van der Waals surface area contributed by atoms with Crippen LogP contribution < -0.4 is 0 Å². The molecule has 0 saturated heterocycles. The Morgan fingerprint density at radius 1 is 1.26 bits per heavy atom. The van der Waals surface area contributed by atoms with Crippen molar-refractivity contribution in [1.82, 2.24) is 9.97 Å². The molecule has 2 unspecified atom stereocenters. The minimum Gasteiger partial charge on any atom is -0.222 e. The number of halogens is 1. The summed E-state index contributed by atoms with van der Waals surface area (Å²) in [6.07, 6.45) is 5.01. The van der Waals surface area contributed by atoms with Gasteiger partial charge in [0.25, 0.3) is 0 Å². The van der Waals surface area contributed by atoms with E-state index in [4.69, 9.17) is 16.6 Å². The van der Waals surface area contributed by atoms with E-state index >= 15 is 0 Å². The van der Waals surface area contributed by atoms with Crippen molar-refractivity contribution in [2.45, 2.75) is 52.4 Å². The Hall–Kier alpha value is -0.670. The Balaban J connectivity index is 2.02. The molecule has 2 heterocycles. The molecule has 0 radical (unpaired) electrons. The maximum absolute atomic E-state index is 6.39. The van der Waals surface area contributed by atoms with Crippen molar-refractivity contribution in [3.05, 3.63) is 21.4 Å². The minimum atomic E-state index is 0.509. The van der Waals surface area contributed by atoms with Crippen molar-refractivity contribution < 1.29 is 0 Å². The number of nitrogens with zero attached hydrogens (tertiary/aromatic N) is 2. The average molecular weight is 295 g/mol. The van der Waals surface area contributed by atoms with E-state index in [0.717, 1.165) is 22.0 Å². The van der Waals surface area contributed by atoms with Crippen molar-refractivity contribution >= 4 is 33.2 Å². The summed E-state index contributed by atoms with van der Waals surface area (Å²) >= 11 is 8.12. The van der Waals surface area contributed by atoms with Gasteiger partial charge in [-0.2, -0.15) is 0 Å². The highest BCUT2D eigenvalue weighted by molar-refractivity contribution is 7.18. The smallest absolute Gasteiger partial charge is 0.141 e. The lowest BCUT2D eigenvalue weighted by atomic mass is 10.0. The number of aryl methyl sites for hydroxylation is 2. The molecule has 2 aromatic rings. The predicted molar refractivity (Wildman–Crippen MR) is 82.3 cm³/mol. The molecular weight excluding hydrogens is 276 g/mol. The van der Waals surface area contributed by atoms with Crippen molar-refractivity contribution in [2.75, 3.05) is 0 Å². The van der Waals surface area contributed by atoms with Gasteiger partial charge in [-0.3, -0.25) is 0 Å². The fourth-order valence-corrected chi connectivity index (χ4v) is 4.49. The van der Waals surface area contributed by atoms with Gasteiger partial charge in [-0.1, -0.05) is 24.9 Å². The van der Waals surface area contributed by atoms with E-state index in [1.807, 2.05) is 0 Å². The summed E-state index contributed by atoms with van der Waals surface area (Å²) in [4.78, 5) is 11.7. The molecule has 1 aliphatic carbocycles. The van der Waals surface area contributed by atoms with Gasteiger partial charge in [-0.15, -0.1) is 11.3 Å². The monoisotopic (exact) mass is 294 g/mol. The summed E-state index contributed by atoms with van der Waals surface area (Å²) in [5, 5.41) is 1.69. The van der Waals surface area contributed by atoms with Gasteiger partial charge in [-0.25, -0.2) is 9.97 Å². The molecule has 3 rings (SSSR count). The van der Waals surface area contributed by atoms with Crippen LogP contribution in [-0.4, -0.2) is 9.97 Å². The Morgan fingerprint density at radius 2 is 2.05 bits per heavy atom. The van der Waals surface area contributed by atoms with Gasteiger partial charge in [0.1, 0.15) is 15.8 Å². The lowest BCUT2D eigenvalue weighted by Crippen LogP contribution is -2.02. The van der Waals surface area contributed by atoms with Crippen LogP contribution >= 0.6 is 22.9 Å². The highest BCUT2D eigenvalue weighted by Gasteiger charge is 2.27. The number of aromatic nitrogens is 2. The van der Waals surface area contributed by atoms with Crippen molar-refractivity contribution in [1.29, 1.82) is 0 Å². The molecule has 1 saturated carbocycles. The third-order valence-corrected chi connectivity index (χ3v) is 5.86. The minimum absolute atomic E-state index is 0.509. The van der Waals surface area contributed by atoms with Crippen LogP contribution in [0.25, 0.3) is 10.2 Å². The topological polar surface area (TPSA) is 25.8 Å². The second-order valence-electron chi connectivity index (χ2n) is 5.62. The van der Waals surface area contributed by atoms with Crippen molar-refractivity contribution in [2.24, 2.45) is 5.92 Å². The van der Waals surface area contributed by atoms with E-state index in [9.17, 15) is 0 Å². The van der Waals surface area contributed by atoms with Crippen molar-refractivity contribution in [3.8, 4) is 0 Å². The quantitative estimate of drug-likeness (QED) is 0.706. The number of hydrogen-bond donors (Lipinski definition) is 0.